The summed E-state index contributed by atoms with van der Waals surface area (Å²) < 4.78 is 22.6. The Balaban J connectivity index is 1.38. The van der Waals surface area contributed by atoms with Crippen molar-refractivity contribution in [1.82, 2.24) is 0 Å². The summed E-state index contributed by atoms with van der Waals surface area (Å²) in [6.07, 6.45) is 11.7. The average Bonchev–Trinajstić information content (AvgIpc) is 3.49. The summed E-state index contributed by atoms with van der Waals surface area (Å²) in [5.41, 5.74) is 0.440. The zero-order valence-corrected chi connectivity index (χ0v) is 17.4. The van der Waals surface area contributed by atoms with Crippen molar-refractivity contribution in [3.05, 3.63) is 0 Å². The van der Waals surface area contributed by atoms with Crippen LogP contribution in [0.5, 0.6) is 0 Å². The molecule has 0 aromatic heterocycles. The van der Waals surface area contributed by atoms with Crippen LogP contribution in [0, 0.1) is 17.3 Å². The van der Waals surface area contributed by atoms with Crippen LogP contribution in [0.2, 0.25) is 0 Å². The lowest BCUT2D eigenvalue weighted by atomic mass is 9.60. The Morgan fingerprint density at radius 2 is 1.38 bits per heavy atom. The van der Waals surface area contributed by atoms with E-state index in [2.05, 4.69) is 20.8 Å². The van der Waals surface area contributed by atoms with Crippen LogP contribution >= 0.6 is 0 Å². The molecule has 4 nitrogen and oxygen atoms in total. The van der Waals surface area contributed by atoms with Gasteiger partial charge in [0.1, 0.15) is 6.10 Å². The molecule has 3 rings (SSSR count). The van der Waals surface area contributed by atoms with Crippen LogP contribution in [-0.2, 0) is 18.9 Å². The highest BCUT2D eigenvalue weighted by atomic mass is 16.6. The first kappa shape index (κ1) is 20.6. The van der Waals surface area contributed by atoms with E-state index in [1.54, 1.807) is 7.11 Å². The second-order valence-electron chi connectivity index (χ2n) is 9.44. The first-order chi connectivity index (χ1) is 12.5. The number of epoxide rings is 1. The van der Waals surface area contributed by atoms with Gasteiger partial charge in [0.2, 0.25) is 0 Å². The quantitative estimate of drug-likeness (QED) is 0.558. The van der Waals surface area contributed by atoms with E-state index in [-0.39, 0.29) is 6.10 Å². The molecular formula is C22H40O4. The van der Waals surface area contributed by atoms with Gasteiger partial charge >= 0.3 is 0 Å². The van der Waals surface area contributed by atoms with Crippen LogP contribution in [-0.4, -0.2) is 51.3 Å². The molecule has 2 saturated carbocycles. The highest BCUT2D eigenvalue weighted by molar-refractivity contribution is 4.91. The molecule has 0 aromatic carbocycles. The van der Waals surface area contributed by atoms with E-state index in [9.17, 15) is 0 Å². The van der Waals surface area contributed by atoms with E-state index in [1.165, 1.54) is 51.4 Å². The van der Waals surface area contributed by atoms with Gasteiger partial charge in [-0.2, -0.15) is 0 Å². The highest BCUT2D eigenvalue weighted by Gasteiger charge is 2.41. The first-order valence-corrected chi connectivity index (χ1v) is 10.9. The van der Waals surface area contributed by atoms with E-state index in [4.69, 9.17) is 18.9 Å². The fourth-order valence-corrected chi connectivity index (χ4v) is 5.03. The molecule has 2 aliphatic carbocycles. The summed E-state index contributed by atoms with van der Waals surface area (Å²) in [5, 5.41) is 0. The lowest BCUT2D eigenvalue weighted by Gasteiger charge is -2.46. The van der Waals surface area contributed by atoms with Crippen LogP contribution in [0.15, 0.2) is 0 Å². The normalized spacial score (nSPS) is 36.7. The lowest BCUT2D eigenvalue weighted by Crippen LogP contribution is -2.39. The largest absolute Gasteiger partial charge is 0.379 e. The van der Waals surface area contributed by atoms with E-state index in [0.717, 1.165) is 31.7 Å². The van der Waals surface area contributed by atoms with E-state index < -0.39 is 0 Å². The maximum absolute atomic E-state index is 6.06. The van der Waals surface area contributed by atoms with Gasteiger partial charge in [-0.25, -0.2) is 0 Å². The summed E-state index contributed by atoms with van der Waals surface area (Å²) in [7, 11) is 1.76. The number of methoxy groups -OCH3 is 1. The second kappa shape index (κ2) is 9.36. The molecule has 0 aromatic rings. The molecule has 0 amide bonds. The number of ether oxygens (including phenoxy) is 4. The summed E-state index contributed by atoms with van der Waals surface area (Å²) in [6.45, 7) is 9.56. The Kier molecular flexibility index (Phi) is 7.40. The number of hydrogen-bond acceptors (Lipinski definition) is 4. The van der Waals surface area contributed by atoms with E-state index >= 15 is 0 Å². The summed E-state index contributed by atoms with van der Waals surface area (Å²) in [6, 6.07) is 0. The summed E-state index contributed by atoms with van der Waals surface area (Å²) in [4.78, 5) is 0. The van der Waals surface area contributed by atoms with E-state index in [0.29, 0.717) is 23.7 Å². The molecule has 152 valence electrons. The van der Waals surface area contributed by atoms with Gasteiger partial charge in [-0.3, -0.25) is 0 Å². The molecule has 2 atom stereocenters. The number of rotatable bonds is 9. The van der Waals surface area contributed by atoms with Gasteiger partial charge in [0.15, 0.2) is 0 Å². The molecule has 4 heteroatoms. The first-order valence-electron chi connectivity index (χ1n) is 10.9. The molecule has 1 heterocycles. The molecule has 3 aliphatic rings. The van der Waals surface area contributed by atoms with Gasteiger partial charge < -0.3 is 18.9 Å². The maximum Gasteiger partial charge on any atom is 0.104 e. The van der Waals surface area contributed by atoms with Crippen molar-refractivity contribution in [2.24, 2.45) is 17.3 Å². The Bertz CT molecular complexity index is 404. The van der Waals surface area contributed by atoms with Crippen LogP contribution in [0.4, 0.5) is 0 Å². The predicted octanol–water partition coefficient (Wildman–Crippen LogP) is 4.60. The van der Waals surface area contributed by atoms with Crippen LogP contribution in [0.25, 0.3) is 0 Å². The van der Waals surface area contributed by atoms with Gasteiger partial charge in [-0.15, -0.1) is 0 Å². The smallest absolute Gasteiger partial charge is 0.104 e. The van der Waals surface area contributed by atoms with Crippen molar-refractivity contribution < 1.29 is 18.9 Å². The molecule has 0 spiro atoms. The minimum Gasteiger partial charge on any atom is -0.379 e. The van der Waals surface area contributed by atoms with Crippen LogP contribution in [0.1, 0.15) is 72.1 Å². The third kappa shape index (κ3) is 5.67. The molecule has 0 radical (unpaired) electrons. The third-order valence-corrected chi connectivity index (χ3v) is 7.34. The predicted molar refractivity (Wildman–Crippen MR) is 103 cm³/mol. The van der Waals surface area contributed by atoms with Crippen molar-refractivity contribution >= 4 is 0 Å². The maximum atomic E-state index is 6.06. The zero-order valence-electron chi connectivity index (χ0n) is 17.4. The van der Waals surface area contributed by atoms with Crippen molar-refractivity contribution in [1.29, 1.82) is 0 Å². The summed E-state index contributed by atoms with van der Waals surface area (Å²) in [5.74, 6) is 1.68. The van der Waals surface area contributed by atoms with Gasteiger partial charge in [-0.05, 0) is 75.5 Å². The molecule has 0 bridgehead atoms. The lowest BCUT2D eigenvalue weighted by molar-refractivity contribution is -0.0567. The molecule has 3 fully saturated rings. The Labute approximate surface area is 160 Å². The fraction of sp³-hybridized carbons (Fsp3) is 1.00. The molecule has 1 saturated heterocycles. The monoisotopic (exact) mass is 368 g/mol. The van der Waals surface area contributed by atoms with Gasteiger partial charge in [0, 0.05) is 7.11 Å². The average molecular weight is 369 g/mol. The topological polar surface area (TPSA) is 40.2 Å². The standard InChI is InChI=1S/C22H40O4/c1-16(23-4)13-24-19-9-5-17(6-10-19)22(2,3)18-7-11-20(12-8-18)25-14-21-15-26-21/h16-21H,5-15H2,1-4H3. The van der Waals surface area contributed by atoms with E-state index in [1.807, 2.05) is 0 Å². The Morgan fingerprint density at radius 3 is 1.85 bits per heavy atom. The summed E-state index contributed by atoms with van der Waals surface area (Å²) >= 11 is 0. The number of hydrogen-bond donors (Lipinski definition) is 0. The Morgan fingerprint density at radius 1 is 0.885 bits per heavy atom. The van der Waals surface area contributed by atoms with Gasteiger partial charge in [0.25, 0.3) is 0 Å². The zero-order chi connectivity index (χ0) is 18.6. The van der Waals surface area contributed by atoms with Crippen LogP contribution < -0.4 is 0 Å². The van der Waals surface area contributed by atoms with Gasteiger partial charge in [-0.1, -0.05) is 13.8 Å². The molecular weight excluding hydrogens is 328 g/mol. The third-order valence-electron chi connectivity index (χ3n) is 7.34. The van der Waals surface area contributed by atoms with Crippen molar-refractivity contribution in [2.45, 2.75) is 96.6 Å². The van der Waals surface area contributed by atoms with Crippen LogP contribution in [0.3, 0.4) is 0 Å². The van der Waals surface area contributed by atoms with Crippen molar-refractivity contribution in [3.63, 3.8) is 0 Å². The SMILES string of the molecule is COC(C)COC1CCC(C(C)(C)C2CCC(OCC3CO3)CC2)CC1. The Hall–Kier alpha value is -0.160. The highest BCUT2D eigenvalue weighted by Crippen LogP contribution is 2.48. The molecule has 1 aliphatic heterocycles. The van der Waals surface area contributed by atoms with Crippen molar-refractivity contribution in [2.75, 3.05) is 26.9 Å². The molecule has 26 heavy (non-hydrogen) atoms. The second-order valence-corrected chi connectivity index (χ2v) is 9.44. The molecule has 2 unspecified atom stereocenters. The minimum atomic E-state index is 0.202. The minimum absolute atomic E-state index is 0.202. The fourth-order valence-electron chi connectivity index (χ4n) is 5.03. The van der Waals surface area contributed by atoms with Crippen molar-refractivity contribution in [3.8, 4) is 0 Å². The van der Waals surface area contributed by atoms with Gasteiger partial charge in [0.05, 0.1) is 38.1 Å². The molecule has 0 N–H and O–H groups in total.